The maximum absolute atomic E-state index is 12.0. The van der Waals surface area contributed by atoms with E-state index in [1.54, 1.807) is 18.6 Å². The highest BCUT2D eigenvalue weighted by atomic mass is 16.6. The van der Waals surface area contributed by atoms with Crippen LogP contribution in [0.3, 0.4) is 0 Å². The lowest BCUT2D eigenvalue weighted by atomic mass is 9.93. The van der Waals surface area contributed by atoms with Crippen LogP contribution in [0.4, 0.5) is 5.88 Å². The van der Waals surface area contributed by atoms with Crippen LogP contribution in [0.25, 0.3) is 0 Å². The van der Waals surface area contributed by atoms with Crippen molar-refractivity contribution in [2.75, 3.05) is 0 Å². The second-order valence-electron chi connectivity index (χ2n) is 5.50. The molecule has 0 unspecified atom stereocenters. The smallest absolute Gasteiger partial charge is 0.433 e. The Morgan fingerprint density at radius 1 is 1.29 bits per heavy atom. The number of aromatic nitrogens is 2. The molecule has 0 radical (unpaired) electrons. The van der Waals surface area contributed by atoms with Crippen molar-refractivity contribution in [2.24, 2.45) is 0 Å². The number of furan rings is 1. The van der Waals surface area contributed by atoms with E-state index in [2.05, 4.69) is 15.3 Å². The SMILES string of the molecule is O=C(NC1CCC(Oc2cnccn2)CC1)c1ccc([N+](=O)[O-])o1. The number of carbonyl (C=O) groups excluding carboxylic acids is 1. The number of nitrogens with zero attached hydrogens (tertiary/aromatic N) is 3. The summed E-state index contributed by atoms with van der Waals surface area (Å²) in [6.07, 6.45) is 7.82. The van der Waals surface area contributed by atoms with Gasteiger partial charge in [0.05, 0.1) is 12.3 Å². The molecular formula is C15H16N4O5. The van der Waals surface area contributed by atoms with Gasteiger partial charge >= 0.3 is 5.88 Å². The third-order valence-electron chi connectivity index (χ3n) is 3.83. The van der Waals surface area contributed by atoms with Crippen molar-refractivity contribution in [2.45, 2.75) is 37.8 Å². The zero-order valence-corrected chi connectivity index (χ0v) is 12.8. The molecule has 24 heavy (non-hydrogen) atoms. The van der Waals surface area contributed by atoms with Crippen molar-refractivity contribution in [3.63, 3.8) is 0 Å². The lowest BCUT2D eigenvalue weighted by molar-refractivity contribution is -0.402. The average Bonchev–Trinajstić information content (AvgIpc) is 3.08. The topological polar surface area (TPSA) is 120 Å². The van der Waals surface area contributed by atoms with Gasteiger partial charge in [-0.25, -0.2) is 4.98 Å². The molecule has 0 saturated heterocycles. The van der Waals surface area contributed by atoms with Crippen LogP contribution in [0.15, 0.2) is 35.1 Å². The minimum Gasteiger partial charge on any atom is -0.473 e. The Labute approximate surface area is 137 Å². The zero-order chi connectivity index (χ0) is 16.9. The van der Waals surface area contributed by atoms with E-state index in [0.29, 0.717) is 5.88 Å². The number of rotatable bonds is 5. The van der Waals surface area contributed by atoms with Crippen LogP contribution in [0.2, 0.25) is 0 Å². The van der Waals surface area contributed by atoms with Gasteiger partial charge in [-0.2, -0.15) is 0 Å². The van der Waals surface area contributed by atoms with Gasteiger partial charge in [0.1, 0.15) is 11.0 Å². The number of amides is 1. The molecule has 0 bridgehead atoms. The number of nitrogens with one attached hydrogen (secondary N) is 1. The highest BCUT2D eigenvalue weighted by Gasteiger charge is 2.26. The summed E-state index contributed by atoms with van der Waals surface area (Å²) in [5.74, 6) is -0.449. The monoisotopic (exact) mass is 332 g/mol. The van der Waals surface area contributed by atoms with E-state index < -0.39 is 16.7 Å². The minimum absolute atomic E-state index is 0.0108. The van der Waals surface area contributed by atoms with Crippen LogP contribution in [-0.2, 0) is 0 Å². The Balaban J connectivity index is 1.48. The second-order valence-corrected chi connectivity index (χ2v) is 5.50. The van der Waals surface area contributed by atoms with Gasteiger partial charge in [-0.1, -0.05) is 0 Å². The summed E-state index contributed by atoms with van der Waals surface area (Å²) in [6, 6.07) is 2.46. The molecule has 1 fully saturated rings. The van der Waals surface area contributed by atoms with Gasteiger partial charge < -0.3 is 14.5 Å². The van der Waals surface area contributed by atoms with Crippen LogP contribution in [0, 0.1) is 10.1 Å². The normalized spacial score (nSPS) is 20.3. The Bertz CT molecular complexity index is 710. The molecule has 126 valence electrons. The molecule has 1 amide bonds. The molecule has 0 spiro atoms. The first-order valence-electron chi connectivity index (χ1n) is 7.59. The molecule has 3 rings (SSSR count). The average molecular weight is 332 g/mol. The maximum Gasteiger partial charge on any atom is 0.433 e. The zero-order valence-electron chi connectivity index (χ0n) is 12.8. The summed E-state index contributed by atoms with van der Waals surface area (Å²) >= 11 is 0. The van der Waals surface area contributed by atoms with E-state index in [0.717, 1.165) is 25.7 Å². The molecule has 1 aliphatic rings. The van der Waals surface area contributed by atoms with E-state index in [9.17, 15) is 14.9 Å². The maximum atomic E-state index is 12.0. The standard InChI is InChI=1S/C15H16N4O5/c20-15(12-5-6-14(24-12)19(21)22)18-10-1-3-11(4-2-10)23-13-9-16-7-8-17-13/h5-11H,1-4H2,(H,18,20). The summed E-state index contributed by atoms with van der Waals surface area (Å²) < 4.78 is 10.6. The molecule has 9 heteroatoms. The molecule has 0 atom stereocenters. The van der Waals surface area contributed by atoms with Crippen LogP contribution < -0.4 is 10.1 Å². The van der Waals surface area contributed by atoms with Crippen molar-refractivity contribution >= 4 is 11.8 Å². The highest BCUT2D eigenvalue weighted by molar-refractivity contribution is 5.91. The van der Waals surface area contributed by atoms with Gasteiger partial charge in [0, 0.05) is 18.4 Å². The predicted octanol–water partition coefficient (Wildman–Crippen LogP) is 2.10. The van der Waals surface area contributed by atoms with E-state index in [-0.39, 0.29) is 17.9 Å². The predicted molar refractivity (Wildman–Crippen MR) is 81.5 cm³/mol. The number of hydrogen-bond acceptors (Lipinski definition) is 7. The van der Waals surface area contributed by atoms with Crippen molar-refractivity contribution in [3.05, 3.63) is 46.6 Å². The van der Waals surface area contributed by atoms with E-state index >= 15 is 0 Å². The fraction of sp³-hybridized carbons (Fsp3) is 0.400. The molecule has 1 saturated carbocycles. The third kappa shape index (κ3) is 3.86. The fourth-order valence-electron chi connectivity index (χ4n) is 2.65. The summed E-state index contributed by atoms with van der Waals surface area (Å²) in [4.78, 5) is 30.0. The summed E-state index contributed by atoms with van der Waals surface area (Å²) in [5.41, 5.74) is 0. The van der Waals surface area contributed by atoms with Gasteiger partial charge in [-0.05, 0) is 31.7 Å². The molecule has 0 aromatic carbocycles. The van der Waals surface area contributed by atoms with Crippen molar-refractivity contribution in [1.29, 1.82) is 0 Å². The van der Waals surface area contributed by atoms with Gasteiger partial charge in [0.15, 0.2) is 5.76 Å². The Kier molecular flexibility index (Phi) is 4.69. The molecule has 1 N–H and O–H groups in total. The minimum atomic E-state index is -0.675. The van der Waals surface area contributed by atoms with Crippen LogP contribution >= 0.6 is 0 Å². The number of nitro groups is 1. The van der Waals surface area contributed by atoms with E-state index in [4.69, 9.17) is 9.15 Å². The largest absolute Gasteiger partial charge is 0.473 e. The van der Waals surface area contributed by atoms with Gasteiger partial charge in [0.25, 0.3) is 5.91 Å². The summed E-state index contributed by atoms with van der Waals surface area (Å²) in [5, 5.41) is 13.4. The second kappa shape index (κ2) is 7.07. The summed E-state index contributed by atoms with van der Waals surface area (Å²) in [7, 11) is 0. The number of carbonyl (C=O) groups is 1. The third-order valence-corrected chi connectivity index (χ3v) is 3.83. The van der Waals surface area contributed by atoms with E-state index in [1.165, 1.54) is 12.1 Å². The molecule has 2 aromatic rings. The molecule has 1 aliphatic carbocycles. The first-order chi connectivity index (χ1) is 11.6. The first-order valence-corrected chi connectivity index (χ1v) is 7.59. The molecule has 9 nitrogen and oxygen atoms in total. The Morgan fingerprint density at radius 3 is 2.71 bits per heavy atom. The van der Waals surface area contributed by atoms with Crippen LogP contribution in [-0.4, -0.2) is 32.9 Å². The quantitative estimate of drug-likeness (QED) is 0.657. The van der Waals surface area contributed by atoms with E-state index in [1.807, 2.05) is 0 Å². The number of ether oxygens (including phenoxy) is 1. The summed E-state index contributed by atoms with van der Waals surface area (Å²) in [6.45, 7) is 0. The first kappa shape index (κ1) is 15.9. The van der Waals surface area contributed by atoms with Crippen molar-refractivity contribution < 1.29 is 18.9 Å². The Morgan fingerprint density at radius 2 is 2.08 bits per heavy atom. The highest BCUT2D eigenvalue weighted by Crippen LogP contribution is 2.23. The van der Waals surface area contributed by atoms with Crippen LogP contribution in [0.5, 0.6) is 5.88 Å². The van der Waals surface area contributed by atoms with Crippen LogP contribution in [0.1, 0.15) is 36.2 Å². The Hall–Kier alpha value is -2.97. The lowest BCUT2D eigenvalue weighted by Gasteiger charge is -2.28. The lowest BCUT2D eigenvalue weighted by Crippen LogP contribution is -2.39. The fourth-order valence-corrected chi connectivity index (χ4v) is 2.65. The van der Waals surface area contributed by atoms with Crippen molar-refractivity contribution in [3.8, 4) is 5.88 Å². The number of hydrogen-bond donors (Lipinski definition) is 1. The van der Waals surface area contributed by atoms with Gasteiger partial charge in [-0.15, -0.1) is 0 Å². The molecule has 2 heterocycles. The molecule has 0 aliphatic heterocycles. The van der Waals surface area contributed by atoms with Gasteiger partial charge in [0.2, 0.25) is 5.88 Å². The van der Waals surface area contributed by atoms with Crippen molar-refractivity contribution in [1.82, 2.24) is 15.3 Å². The molecule has 2 aromatic heterocycles. The van der Waals surface area contributed by atoms with Gasteiger partial charge in [-0.3, -0.25) is 19.9 Å². The molecular weight excluding hydrogens is 316 g/mol.